The molecule has 0 fully saturated rings. The van der Waals surface area contributed by atoms with Crippen LogP contribution < -0.4 is 0 Å². The van der Waals surface area contributed by atoms with Gasteiger partial charge in [-0.1, -0.05) is 91.0 Å². The minimum Gasteiger partial charge on any atom is -0.341 e. The molecule has 0 atom stereocenters. The number of fused-ring (bicyclic) bond motifs is 9. The molecule has 0 unspecified atom stereocenters. The number of aromatic nitrogens is 2. The summed E-state index contributed by atoms with van der Waals surface area (Å²) < 4.78 is 2.41. The molecule has 0 aliphatic heterocycles. The van der Waals surface area contributed by atoms with Crippen molar-refractivity contribution in [3.8, 4) is 22.3 Å². The summed E-state index contributed by atoms with van der Waals surface area (Å²) in [7, 11) is 0. The topological polar surface area (TPSA) is 17.8 Å². The Labute approximate surface area is 226 Å². The van der Waals surface area contributed by atoms with Gasteiger partial charge in [0.25, 0.3) is 0 Å². The van der Waals surface area contributed by atoms with Crippen molar-refractivity contribution in [2.75, 3.05) is 0 Å². The maximum Gasteiger partial charge on any atom is 0.0497 e. The van der Waals surface area contributed by atoms with E-state index in [1.165, 1.54) is 70.8 Å². The van der Waals surface area contributed by atoms with Crippen LogP contribution in [0.1, 0.15) is 6.92 Å². The molecule has 0 amide bonds. The molecule has 0 spiro atoms. The van der Waals surface area contributed by atoms with Gasteiger partial charge in [-0.3, -0.25) is 4.98 Å². The molecule has 8 rings (SSSR count). The number of hydrogen-bond acceptors (Lipinski definition) is 1. The third kappa shape index (κ3) is 3.25. The van der Waals surface area contributed by atoms with Crippen LogP contribution in [-0.2, 0) is 6.54 Å². The fourth-order valence-electron chi connectivity index (χ4n) is 6.51. The number of para-hydroxylation sites is 1. The first kappa shape index (κ1) is 22.1. The SMILES string of the molecule is CCn1c2ccccc2c2ccc(-c3cnccc3-c3ccc4c5ccccc5c5ccccc5c4c3)cc21. The summed E-state index contributed by atoms with van der Waals surface area (Å²) in [6.45, 7) is 3.15. The average molecular weight is 499 g/mol. The van der Waals surface area contributed by atoms with Gasteiger partial charge in [-0.15, -0.1) is 0 Å². The maximum absolute atomic E-state index is 4.56. The van der Waals surface area contributed by atoms with Gasteiger partial charge < -0.3 is 4.57 Å². The molecule has 0 aliphatic rings. The van der Waals surface area contributed by atoms with Crippen LogP contribution in [0, 0.1) is 0 Å². The Morgan fingerprint density at radius 2 is 1.03 bits per heavy atom. The zero-order chi connectivity index (χ0) is 25.9. The second-order valence-corrected chi connectivity index (χ2v) is 10.3. The Balaban J connectivity index is 1.37. The molecule has 184 valence electrons. The van der Waals surface area contributed by atoms with Crippen LogP contribution >= 0.6 is 0 Å². The smallest absolute Gasteiger partial charge is 0.0497 e. The molecule has 2 aromatic heterocycles. The highest BCUT2D eigenvalue weighted by Crippen LogP contribution is 2.40. The lowest BCUT2D eigenvalue weighted by Crippen LogP contribution is -1.93. The molecule has 2 nitrogen and oxygen atoms in total. The van der Waals surface area contributed by atoms with E-state index in [-0.39, 0.29) is 0 Å². The Hall–Kier alpha value is -4.95. The van der Waals surface area contributed by atoms with Gasteiger partial charge in [-0.2, -0.15) is 0 Å². The van der Waals surface area contributed by atoms with Crippen molar-refractivity contribution in [1.29, 1.82) is 0 Å². The van der Waals surface area contributed by atoms with Crippen molar-refractivity contribution in [3.63, 3.8) is 0 Å². The second kappa shape index (κ2) is 8.54. The molecule has 0 saturated heterocycles. The van der Waals surface area contributed by atoms with Crippen LogP contribution in [0.4, 0.5) is 0 Å². The first-order valence-electron chi connectivity index (χ1n) is 13.6. The van der Waals surface area contributed by atoms with E-state index >= 15 is 0 Å². The highest BCUT2D eigenvalue weighted by atomic mass is 15.0. The number of nitrogens with zero attached hydrogens (tertiary/aromatic N) is 2. The number of benzene rings is 6. The first-order chi connectivity index (χ1) is 19.3. The van der Waals surface area contributed by atoms with Gasteiger partial charge in [-0.25, -0.2) is 0 Å². The average Bonchev–Trinajstić information content (AvgIpc) is 3.34. The van der Waals surface area contributed by atoms with Gasteiger partial charge in [0.1, 0.15) is 0 Å². The van der Waals surface area contributed by atoms with Gasteiger partial charge in [0, 0.05) is 46.3 Å². The number of rotatable bonds is 3. The molecule has 8 aromatic rings. The molecule has 6 aromatic carbocycles. The van der Waals surface area contributed by atoms with E-state index in [9.17, 15) is 0 Å². The van der Waals surface area contributed by atoms with Crippen molar-refractivity contribution in [2.45, 2.75) is 13.5 Å². The van der Waals surface area contributed by atoms with Gasteiger partial charge in [0.15, 0.2) is 0 Å². The summed E-state index contributed by atoms with van der Waals surface area (Å²) in [6, 6.07) is 42.1. The van der Waals surface area contributed by atoms with Gasteiger partial charge in [-0.05, 0) is 80.2 Å². The van der Waals surface area contributed by atoms with Crippen LogP contribution in [0.25, 0.3) is 76.4 Å². The molecule has 0 bridgehead atoms. The minimum atomic E-state index is 0.930. The molecular weight excluding hydrogens is 472 g/mol. The zero-order valence-electron chi connectivity index (χ0n) is 21.7. The first-order valence-corrected chi connectivity index (χ1v) is 13.6. The fraction of sp³-hybridized carbons (Fsp3) is 0.0541. The van der Waals surface area contributed by atoms with Crippen molar-refractivity contribution >= 4 is 54.1 Å². The molecule has 2 heteroatoms. The van der Waals surface area contributed by atoms with Crippen molar-refractivity contribution in [1.82, 2.24) is 9.55 Å². The van der Waals surface area contributed by atoms with Crippen LogP contribution in [0.3, 0.4) is 0 Å². The van der Waals surface area contributed by atoms with E-state index in [0.717, 1.165) is 12.1 Å². The molecule has 0 N–H and O–H groups in total. The summed E-state index contributed by atoms with van der Waals surface area (Å²) >= 11 is 0. The zero-order valence-corrected chi connectivity index (χ0v) is 21.7. The summed E-state index contributed by atoms with van der Waals surface area (Å²) in [4.78, 5) is 4.56. The number of hydrogen-bond donors (Lipinski definition) is 0. The monoisotopic (exact) mass is 498 g/mol. The highest BCUT2D eigenvalue weighted by molar-refractivity contribution is 6.25. The van der Waals surface area contributed by atoms with E-state index in [4.69, 9.17) is 0 Å². The minimum absolute atomic E-state index is 0.930. The molecule has 0 aliphatic carbocycles. The molecule has 2 heterocycles. The molecule has 0 saturated carbocycles. The highest BCUT2D eigenvalue weighted by Gasteiger charge is 2.15. The lowest BCUT2D eigenvalue weighted by atomic mass is 9.90. The predicted molar refractivity (Wildman–Crippen MR) is 166 cm³/mol. The van der Waals surface area contributed by atoms with Crippen LogP contribution in [0.15, 0.2) is 128 Å². The van der Waals surface area contributed by atoms with Crippen molar-refractivity contribution in [2.24, 2.45) is 0 Å². The third-order valence-corrected chi connectivity index (χ3v) is 8.28. The lowest BCUT2D eigenvalue weighted by molar-refractivity contribution is 0.827. The fourth-order valence-corrected chi connectivity index (χ4v) is 6.51. The van der Waals surface area contributed by atoms with Gasteiger partial charge in [0.05, 0.1) is 0 Å². The Kier molecular flexibility index (Phi) is 4.83. The van der Waals surface area contributed by atoms with E-state index in [1.807, 2.05) is 12.4 Å². The van der Waals surface area contributed by atoms with Crippen LogP contribution in [0.2, 0.25) is 0 Å². The summed E-state index contributed by atoms with van der Waals surface area (Å²) in [5.74, 6) is 0. The molecule has 39 heavy (non-hydrogen) atoms. The quantitative estimate of drug-likeness (QED) is 0.222. The van der Waals surface area contributed by atoms with E-state index < -0.39 is 0 Å². The number of aryl methyl sites for hydroxylation is 1. The van der Waals surface area contributed by atoms with Crippen molar-refractivity contribution in [3.05, 3.63) is 128 Å². The summed E-state index contributed by atoms with van der Waals surface area (Å²) in [6.07, 6.45) is 3.92. The lowest BCUT2D eigenvalue weighted by Gasteiger charge is -2.14. The van der Waals surface area contributed by atoms with Gasteiger partial charge in [0.2, 0.25) is 0 Å². The largest absolute Gasteiger partial charge is 0.341 e. The Bertz CT molecular complexity index is 2180. The maximum atomic E-state index is 4.56. The molecular formula is C37H26N2. The van der Waals surface area contributed by atoms with E-state index in [1.54, 1.807) is 0 Å². The number of pyridine rings is 1. The standard InChI is InChI=1S/C37H26N2/c1-2-39-36-14-8-7-13-32(36)33-18-16-25(22-37(33)39)35-23-38-20-19-26(35)24-15-17-31-29-11-4-3-9-27(29)28-10-5-6-12-30(28)34(31)21-24/h3-23H,2H2,1H3. The van der Waals surface area contributed by atoms with E-state index in [0.29, 0.717) is 0 Å². The Morgan fingerprint density at radius 3 is 1.72 bits per heavy atom. The summed E-state index contributed by atoms with van der Waals surface area (Å²) in [5, 5.41) is 10.4. The van der Waals surface area contributed by atoms with Crippen molar-refractivity contribution < 1.29 is 0 Å². The normalized spacial score (nSPS) is 11.8. The van der Waals surface area contributed by atoms with Crippen LogP contribution in [-0.4, -0.2) is 9.55 Å². The molecule has 0 radical (unpaired) electrons. The predicted octanol–water partition coefficient (Wildman–Crippen LogP) is 10.0. The third-order valence-electron chi connectivity index (χ3n) is 8.28. The van der Waals surface area contributed by atoms with E-state index in [2.05, 4.69) is 132 Å². The van der Waals surface area contributed by atoms with Crippen LogP contribution in [0.5, 0.6) is 0 Å². The van der Waals surface area contributed by atoms with Gasteiger partial charge >= 0.3 is 0 Å². The summed E-state index contributed by atoms with van der Waals surface area (Å²) in [5.41, 5.74) is 7.29. The second-order valence-electron chi connectivity index (χ2n) is 10.3. The Morgan fingerprint density at radius 1 is 0.487 bits per heavy atom.